The van der Waals surface area contributed by atoms with E-state index >= 15 is 0 Å². The molecule has 0 spiro atoms. The van der Waals surface area contributed by atoms with Crippen molar-refractivity contribution in [2.24, 2.45) is 0 Å². The number of pyridine rings is 1. The van der Waals surface area contributed by atoms with Crippen molar-refractivity contribution < 1.29 is 14.3 Å². The second-order valence-electron chi connectivity index (χ2n) is 4.33. The number of esters is 1. The van der Waals surface area contributed by atoms with Gasteiger partial charge in [0.1, 0.15) is 5.75 Å². The van der Waals surface area contributed by atoms with Gasteiger partial charge in [0.2, 0.25) is 0 Å². The Morgan fingerprint density at radius 2 is 2.05 bits per heavy atom. The van der Waals surface area contributed by atoms with E-state index in [1.54, 1.807) is 6.07 Å². The van der Waals surface area contributed by atoms with Crippen molar-refractivity contribution in [1.82, 2.24) is 4.98 Å². The van der Waals surface area contributed by atoms with Crippen LogP contribution < -0.4 is 4.74 Å². The van der Waals surface area contributed by atoms with Crippen molar-refractivity contribution in [3.8, 4) is 5.75 Å². The molecule has 4 nitrogen and oxygen atoms in total. The minimum absolute atomic E-state index is 0.0222. The molecule has 0 aliphatic carbocycles. The number of ether oxygens (including phenoxy) is 2. The number of aromatic nitrogens is 1. The first kappa shape index (κ1) is 14.0. The highest BCUT2D eigenvalue weighted by atomic mass is 127. The monoisotopic (exact) mass is 371 g/mol. The smallest absolute Gasteiger partial charge is 0.356 e. The number of methoxy groups -OCH3 is 1. The third-order valence-corrected chi connectivity index (χ3v) is 3.16. The lowest BCUT2D eigenvalue weighted by atomic mass is 10.2. The van der Waals surface area contributed by atoms with Crippen LogP contribution in [-0.2, 0) is 4.74 Å². The van der Waals surface area contributed by atoms with Gasteiger partial charge in [0.25, 0.3) is 0 Å². The van der Waals surface area contributed by atoms with E-state index in [9.17, 15) is 4.79 Å². The number of rotatable bonds is 3. The molecule has 0 atom stereocenters. The van der Waals surface area contributed by atoms with E-state index in [2.05, 4.69) is 27.6 Å². The predicted octanol–water partition coefficient (Wildman–Crippen LogP) is 3.41. The second-order valence-corrected chi connectivity index (χ2v) is 5.57. The number of halogens is 1. The van der Waals surface area contributed by atoms with Gasteiger partial charge in [-0.3, -0.25) is 0 Å². The van der Waals surface area contributed by atoms with Crippen LogP contribution in [0.4, 0.5) is 0 Å². The van der Waals surface area contributed by atoms with E-state index in [0.29, 0.717) is 5.75 Å². The van der Waals surface area contributed by atoms with E-state index in [4.69, 9.17) is 9.47 Å². The lowest BCUT2D eigenvalue weighted by Gasteiger charge is -2.13. The average Bonchev–Trinajstić information content (AvgIpc) is 2.37. The molecule has 2 aromatic rings. The molecule has 0 saturated carbocycles. The number of benzene rings is 1. The summed E-state index contributed by atoms with van der Waals surface area (Å²) < 4.78 is 11.6. The molecule has 1 aromatic carbocycles. The summed E-state index contributed by atoms with van der Waals surface area (Å²) in [5, 5.41) is 0.897. The van der Waals surface area contributed by atoms with Crippen molar-refractivity contribution in [3.05, 3.63) is 33.5 Å². The van der Waals surface area contributed by atoms with Crippen LogP contribution >= 0.6 is 22.6 Å². The van der Waals surface area contributed by atoms with Crippen LogP contribution in [-0.4, -0.2) is 24.2 Å². The predicted molar refractivity (Wildman–Crippen MR) is 81.6 cm³/mol. The first-order chi connectivity index (χ1) is 9.01. The minimum Gasteiger partial charge on any atom is -0.490 e. The molecule has 0 radical (unpaired) electrons. The Morgan fingerprint density at radius 1 is 1.32 bits per heavy atom. The van der Waals surface area contributed by atoms with Gasteiger partial charge in [0, 0.05) is 15.0 Å². The molecular weight excluding hydrogens is 357 g/mol. The molecule has 2 rings (SSSR count). The van der Waals surface area contributed by atoms with Gasteiger partial charge in [-0.2, -0.15) is 0 Å². The molecule has 0 aliphatic heterocycles. The van der Waals surface area contributed by atoms with Crippen LogP contribution in [0.15, 0.2) is 24.3 Å². The van der Waals surface area contributed by atoms with Gasteiger partial charge in [0.05, 0.1) is 18.7 Å². The highest BCUT2D eigenvalue weighted by Gasteiger charge is 2.14. The van der Waals surface area contributed by atoms with E-state index in [1.807, 2.05) is 32.0 Å². The number of nitrogens with zero attached hydrogens (tertiary/aromatic N) is 1. The Kier molecular flexibility index (Phi) is 4.24. The van der Waals surface area contributed by atoms with Gasteiger partial charge >= 0.3 is 5.97 Å². The summed E-state index contributed by atoms with van der Waals surface area (Å²) >= 11 is 2.23. The molecule has 0 fully saturated rings. The second kappa shape index (κ2) is 5.73. The van der Waals surface area contributed by atoms with E-state index in [-0.39, 0.29) is 11.8 Å². The fraction of sp³-hybridized carbons (Fsp3) is 0.286. The summed E-state index contributed by atoms with van der Waals surface area (Å²) in [5.41, 5.74) is 0.978. The number of carbonyl (C=O) groups is 1. The number of hydrogen-bond acceptors (Lipinski definition) is 4. The topological polar surface area (TPSA) is 48.4 Å². The van der Waals surface area contributed by atoms with Gasteiger partial charge in [-0.15, -0.1) is 0 Å². The van der Waals surface area contributed by atoms with Gasteiger partial charge in [-0.05, 0) is 54.6 Å². The summed E-state index contributed by atoms with van der Waals surface area (Å²) in [4.78, 5) is 15.9. The zero-order valence-electron chi connectivity index (χ0n) is 10.9. The third-order valence-electron chi connectivity index (χ3n) is 2.49. The van der Waals surface area contributed by atoms with Crippen molar-refractivity contribution in [2.45, 2.75) is 20.0 Å². The van der Waals surface area contributed by atoms with Crippen molar-refractivity contribution in [1.29, 1.82) is 0 Å². The minimum atomic E-state index is -0.464. The first-order valence-corrected chi connectivity index (χ1v) is 6.94. The van der Waals surface area contributed by atoms with Gasteiger partial charge < -0.3 is 9.47 Å². The number of hydrogen-bond donors (Lipinski definition) is 0. The lowest BCUT2D eigenvalue weighted by molar-refractivity contribution is 0.0593. The fourth-order valence-electron chi connectivity index (χ4n) is 1.73. The molecule has 1 heterocycles. The molecular formula is C14H14INO3. The van der Waals surface area contributed by atoms with E-state index in [0.717, 1.165) is 14.5 Å². The molecule has 0 unspecified atom stereocenters. The van der Waals surface area contributed by atoms with Crippen molar-refractivity contribution in [2.75, 3.05) is 7.11 Å². The summed E-state index contributed by atoms with van der Waals surface area (Å²) in [6.07, 6.45) is 0.0222. The molecule has 0 saturated heterocycles. The average molecular weight is 371 g/mol. The third kappa shape index (κ3) is 3.15. The molecule has 1 aromatic heterocycles. The maximum atomic E-state index is 11.6. The standard InChI is InChI=1S/C14H14INO3/c1-8(2)19-13-7-12(14(17)18-3)16-11-5-4-9(15)6-10(11)13/h4-8H,1-3H3. The summed E-state index contributed by atoms with van der Waals surface area (Å²) in [6, 6.07) is 7.43. The molecule has 19 heavy (non-hydrogen) atoms. The Hall–Kier alpha value is -1.37. The van der Waals surface area contributed by atoms with Crippen LogP contribution in [0, 0.1) is 3.57 Å². The summed E-state index contributed by atoms with van der Waals surface area (Å²) in [6.45, 7) is 3.88. The van der Waals surface area contributed by atoms with Crippen molar-refractivity contribution >= 4 is 39.5 Å². The zero-order chi connectivity index (χ0) is 14.0. The molecule has 0 aliphatic rings. The number of carbonyl (C=O) groups excluding carboxylic acids is 1. The Morgan fingerprint density at radius 3 is 2.68 bits per heavy atom. The normalized spacial score (nSPS) is 10.8. The molecule has 0 N–H and O–H groups in total. The van der Waals surface area contributed by atoms with Crippen LogP contribution in [0.3, 0.4) is 0 Å². The molecule has 0 bridgehead atoms. The SMILES string of the molecule is COC(=O)c1cc(OC(C)C)c2cc(I)ccc2n1. The van der Waals surface area contributed by atoms with Gasteiger partial charge in [-0.1, -0.05) is 0 Å². The van der Waals surface area contributed by atoms with E-state index < -0.39 is 5.97 Å². The number of fused-ring (bicyclic) bond motifs is 1. The summed E-state index contributed by atoms with van der Waals surface area (Å²) in [7, 11) is 1.34. The largest absolute Gasteiger partial charge is 0.490 e. The first-order valence-electron chi connectivity index (χ1n) is 5.86. The fourth-order valence-corrected chi connectivity index (χ4v) is 2.22. The van der Waals surface area contributed by atoms with Crippen LogP contribution in [0.2, 0.25) is 0 Å². The maximum absolute atomic E-state index is 11.6. The quantitative estimate of drug-likeness (QED) is 0.613. The summed E-state index contributed by atoms with van der Waals surface area (Å²) in [5.74, 6) is 0.188. The molecule has 0 amide bonds. The maximum Gasteiger partial charge on any atom is 0.356 e. The Labute approximate surface area is 125 Å². The van der Waals surface area contributed by atoms with Gasteiger partial charge in [0.15, 0.2) is 5.69 Å². The van der Waals surface area contributed by atoms with Crippen LogP contribution in [0.5, 0.6) is 5.75 Å². The zero-order valence-corrected chi connectivity index (χ0v) is 13.1. The van der Waals surface area contributed by atoms with Crippen molar-refractivity contribution in [3.63, 3.8) is 0 Å². The highest BCUT2D eigenvalue weighted by molar-refractivity contribution is 14.1. The van der Waals surface area contributed by atoms with Crippen LogP contribution in [0.1, 0.15) is 24.3 Å². The molecule has 100 valence electrons. The highest BCUT2D eigenvalue weighted by Crippen LogP contribution is 2.28. The Bertz CT molecular complexity index is 625. The Balaban J connectivity index is 2.65. The van der Waals surface area contributed by atoms with Gasteiger partial charge in [-0.25, -0.2) is 9.78 Å². The van der Waals surface area contributed by atoms with Crippen LogP contribution in [0.25, 0.3) is 10.9 Å². The molecule has 5 heteroatoms. The van der Waals surface area contributed by atoms with E-state index in [1.165, 1.54) is 7.11 Å². The lowest BCUT2D eigenvalue weighted by Crippen LogP contribution is -2.09.